The summed E-state index contributed by atoms with van der Waals surface area (Å²) in [5.41, 5.74) is 26.0. The van der Waals surface area contributed by atoms with Crippen LogP contribution in [0.1, 0.15) is 109 Å². The highest BCUT2D eigenvalue weighted by Crippen LogP contribution is 2.42. The van der Waals surface area contributed by atoms with Crippen LogP contribution in [0.5, 0.6) is 46.4 Å². The number of aromatic amines is 3. The lowest BCUT2D eigenvalue weighted by molar-refractivity contribution is -0.150. The van der Waals surface area contributed by atoms with Gasteiger partial charge in [-0.3, -0.25) is 14.5 Å². The number of halogens is 3. The molecule has 2 amide bonds. The van der Waals surface area contributed by atoms with Gasteiger partial charge < -0.3 is 89.6 Å². The molecule has 694 valence electrons. The molecule has 0 spiro atoms. The van der Waals surface area contributed by atoms with Crippen molar-refractivity contribution in [1.29, 1.82) is 0 Å². The molecule has 19 rings (SSSR count). The summed E-state index contributed by atoms with van der Waals surface area (Å²) in [5.74, 6) is 0.481. The fourth-order valence-electron chi connectivity index (χ4n) is 17.0. The van der Waals surface area contributed by atoms with E-state index in [1.54, 1.807) is 86.1 Å². The second-order valence-electron chi connectivity index (χ2n) is 34.2. The van der Waals surface area contributed by atoms with E-state index in [1.165, 1.54) is 57.8 Å². The number of esters is 2. The predicted molar refractivity (Wildman–Crippen MR) is 513 cm³/mol. The summed E-state index contributed by atoms with van der Waals surface area (Å²) in [5, 5.41) is 19.8. The second kappa shape index (κ2) is 41.0. The Balaban J connectivity index is 0.000000131. The average Bonchev–Trinajstić information content (AvgIpc) is 1.51. The number of methoxy groups -OCH3 is 2. The first-order valence-electron chi connectivity index (χ1n) is 44.6. The maximum atomic E-state index is 15.1. The number of carbonyl (C=O) groups is 3. The number of likely N-dealkylation sites (N-methyl/N-ethyl adjacent to an activating group) is 1. The molecule has 5 aliphatic rings. The standard InChI is InChI=1S/C31H33N5O4.C26H28FN3O3.C23H25FN4O4.C21H21FN6O/c1-35-17-15-23(16-18-35)33-31(39)36(2)24-12-10-22(11-13-24)32-28(20-7-5-4-6-8-20)27-25-14-9-21(30(38)40-3)19-26(25)34-29(27)37;1-17-12-18-6-7-22(25(27)19(18)13-17)33-26-20-14-23(31-2)24(15-21(20)28-16-29-26)32-11-5-10-30-8-3-4-9-30;1-12-7-16-5-6-18(20(24)17(16)8-12)32-22-21-14(3)19(9-28(21)27-11-26-22)30-10-13(2)31-23(29)15(4)25;1-27-7-9-28(10-8-27)12-5-6-14-16(11-12)25-20(24-14)18-19(23)17-13(22)3-2-4-15(17)26-21(18)29/h4-14,19,23,34,37H,15-18H2,1-3H3,(H,33,39);6-7,13-16H,3-5,8-12H2,1-2H3;5-6,8-9,11,13,15H,7,10,25H2,1-4H3;2-6,11H,7-10H2,1H3,(H,24,25)(H3,23,26,29)/t;;13-,15+;/m..1./s1. The van der Waals surface area contributed by atoms with Gasteiger partial charge in [-0.25, -0.2) is 47.2 Å². The third kappa shape index (κ3) is 20.8. The number of rotatable bonds is 23. The van der Waals surface area contributed by atoms with Gasteiger partial charge in [0.2, 0.25) is 11.8 Å². The van der Waals surface area contributed by atoms with E-state index in [-0.39, 0.29) is 70.3 Å². The fourth-order valence-corrected chi connectivity index (χ4v) is 17.0. The van der Waals surface area contributed by atoms with Crippen LogP contribution in [0.2, 0.25) is 0 Å². The number of H-pyrrole nitrogens is 3. The molecule has 134 heavy (non-hydrogen) atoms. The summed E-state index contributed by atoms with van der Waals surface area (Å²) < 4.78 is 85.2. The lowest BCUT2D eigenvalue weighted by atomic mass is 10.00. The zero-order chi connectivity index (χ0) is 94.1. The van der Waals surface area contributed by atoms with Crippen molar-refractivity contribution < 1.29 is 65.8 Å². The maximum absolute atomic E-state index is 15.1. The Bertz CT molecular complexity index is 6870. The topological polar surface area (TPSA) is 362 Å². The molecule has 33 heteroatoms. The maximum Gasteiger partial charge on any atom is 0.337 e. The first-order chi connectivity index (χ1) is 64.7. The zero-order valence-corrected chi connectivity index (χ0v) is 76.3. The Morgan fingerprint density at radius 1 is 0.672 bits per heavy atom. The van der Waals surface area contributed by atoms with E-state index in [0.717, 1.165) is 134 Å². The van der Waals surface area contributed by atoms with Crippen LogP contribution in [0.3, 0.4) is 0 Å². The van der Waals surface area contributed by atoms with E-state index in [0.29, 0.717) is 96.3 Å². The van der Waals surface area contributed by atoms with E-state index < -0.39 is 41.3 Å². The van der Waals surface area contributed by atoms with E-state index >= 15 is 8.78 Å². The first kappa shape index (κ1) is 92.6. The number of aryl methyl sites for hydroxylation is 1. The number of piperazine rings is 1. The van der Waals surface area contributed by atoms with Crippen molar-refractivity contribution in [3.05, 3.63) is 248 Å². The van der Waals surface area contributed by atoms with E-state index in [1.807, 2.05) is 124 Å². The molecule has 8 aromatic carbocycles. The molecule has 0 radical (unpaired) electrons. The van der Waals surface area contributed by atoms with E-state index in [9.17, 15) is 28.7 Å². The number of nitrogens with zero attached hydrogens (tertiary/aromatic N) is 12. The van der Waals surface area contributed by atoms with Crippen LogP contribution in [0.25, 0.3) is 72.8 Å². The smallest absolute Gasteiger partial charge is 0.337 e. The molecular weight excluding hydrogens is 1710 g/mol. The average molecular weight is 1820 g/mol. The molecule has 9 N–H and O–H groups in total. The third-order valence-corrected chi connectivity index (χ3v) is 24.4. The van der Waals surface area contributed by atoms with Crippen molar-refractivity contribution in [2.75, 3.05) is 123 Å². The number of aliphatic imine (C=N–C) groups is 1. The number of aromatic nitrogens is 9. The molecule has 30 nitrogen and oxygen atoms in total. The summed E-state index contributed by atoms with van der Waals surface area (Å²) in [6.45, 7) is 19.1. The number of carbonyl (C=O) groups excluding carboxylic acids is 3. The Hall–Kier alpha value is -14.7. The minimum absolute atomic E-state index is 0.0541. The molecule has 14 aromatic rings. The summed E-state index contributed by atoms with van der Waals surface area (Å²) in [7, 11) is 8.89. The number of allylic oxidation sites excluding steroid dienone is 2. The molecule has 0 saturated carbocycles. The van der Waals surface area contributed by atoms with E-state index in [2.05, 4.69) is 79.0 Å². The number of aromatic hydroxyl groups is 1. The molecule has 0 unspecified atom stereocenters. The number of ether oxygens (including phenoxy) is 7. The van der Waals surface area contributed by atoms with Gasteiger partial charge in [0, 0.05) is 96.4 Å². The van der Waals surface area contributed by atoms with Crippen LogP contribution in [0.4, 0.5) is 40.7 Å². The van der Waals surface area contributed by atoms with Crippen molar-refractivity contribution in [2.24, 2.45) is 10.7 Å². The molecule has 3 saturated heterocycles. The quantitative estimate of drug-likeness (QED) is 0.0178. The number of benzene rings is 8. The summed E-state index contributed by atoms with van der Waals surface area (Å²) in [4.78, 5) is 91.3. The number of piperidine rings is 1. The largest absolute Gasteiger partial charge is 0.494 e. The lowest BCUT2D eigenvalue weighted by Gasteiger charge is -2.34. The van der Waals surface area contributed by atoms with Gasteiger partial charge in [-0.15, -0.1) is 0 Å². The van der Waals surface area contributed by atoms with Gasteiger partial charge in [0.1, 0.15) is 59.9 Å². The van der Waals surface area contributed by atoms with Gasteiger partial charge in [0.05, 0.1) is 88.1 Å². The number of likely N-dealkylation sites (tertiary alicyclic amines) is 2. The van der Waals surface area contributed by atoms with Crippen LogP contribution in [-0.4, -0.2) is 214 Å². The minimum atomic E-state index is -0.703. The number of nitrogens with two attached hydrogens (primary N) is 2. The second-order valence-corrected chi connectivity index (χ2v) is 34.2. The number of anilines is 3. The Morgan fingerprint density at radius 2 is 1.36 bits per heavy atom. The number of fused-ring (bicyclic) bond motifs is 7. The summed E-state index contributed by atoms with van der Waals surface area (Å²) >= 11 is 0. The molecule has 0 bridgehead atoms. The Labute approximate surface area is 771 Å². The first-order valence-corrected chi connectivity index (χ1v) is 44.6. The molecule has 3 fully saturated rings. The number of nitrogen functional groups attached to an aromatic ring is 1. The highest BCUT2D eigenvalue weighted by Gasteiger charge is 2.29. The number of urea groups is 1. The SMILES string of the molecule is CC1=Cc2c(ccc(Oc3ncnn4cc(OC[C@@H](C)OC(=O)[C@H](C)N)c(C)c34)c2F)C1.CN1CCN(c2ccc3nc(-c4c(N)c5c(F)cccc5[nH]c4=O)[nH]c3c2)CC1.COC(=O)c1ccc2c(C(=Nc3ccc(N(C)C(=O)NC4CCN(C)CC4)cc3)c3ccccc3)c(O)[nH]c2c1.COc1cc2c(Oc3ccc4c(c3F)C=C(C)C4)ncnc2cc1OCCCN1CCCC1. The van der Waals surface area contributed by atoms with Crippen molar-refractivity contribution in [2.45, 2.75) is 97.8 Å². The van der Waals surface area contributed by atoms with Gasteiger partial charge >= 0.3 is 18.0 Å². The highest BCUT2D eigenvalue weighted by atomic mass is 19.1. The molecule has 3 aliphatic heterocycles. The Kier molecular flexibility index (Phi) is 28.3. The Morgan fingerprint density at radius 3 is 2.04 bits per heavy atom. The molecule has 2 aliphatic carbocycles. The number of amides is 2. The predicted octanol–water partition coefficient (Wildman–Crippen LogP) is 16.6. The fraction of sp³-hybridized carbons (Fsp3) is 0.307. The van der Waals surface area contributed by atoms with Gasteiger partial charge in [0.25, 0.3) is 5.56 Å². The normalized spacial score (nSPS) is 15.1. The van der Waals surface area contributed by atoms with Crippen LogP contribution < -0.4 is 55.8 Å². The van der Waals surface area contributed by atoms with Crippen molar-refractivity contribution in [3.8, 4) is 57.8 Å². The molecular formula is C101H107F3N18O12. The molecule has 6 aromatic heterocycles. The van der Waals surface area contributed by atoms with Gasteiger partial charge in [-0.05, 0) is 216 Å². The van der Waals surface area contributed by atoms with E-state index in [4.69, 9.17) is 49.6 Å². The zero-order valence-electron chi connectivity index (χ0n) is 76.3. The number of hydrogen-bond acceptors (Lipinski definition) is 24. The molecule has 9 heterocycles. The lowest BCUT2D eigenvalue weighted by Crippen LogP contribution is -2.47. The van der Waals surface area contributed by atoms with Gasteiger partial charge in [-0.2, -0.15) is 10.1 Å². The highest BCUT2D eigenvalue weighted by molar-refractivity contribution is 6.22. The summed E-state index contributed by atoms with van der Waals surface area (Å²) in [6, 6.07) is 42.5. The summed E-state index contributed by atoms with van der Waals surface area (Å²) in [6.07, 6.45) is 14.5. The number of imidazole rings is 1. The third-order valence-electron chi connectivity index (χ3n) is 24.4. The van der Waals surface area contributed by atoms with Crippen molar-refractivity contribution >= 4 is 108 Å². The monoisotopic (exact) mass is 1820 g/mol. The van der Waals surface area contributed by atoms with Crippen LogP contribution in [-0.2, 0) is 27.1 Å². The van der Waals surface area contributed by atoms with Gasteiger partial charge in [0.15, 0.2) is 40.5 Å². The number of pyridine rings is 1. The van der Waals surface area contributed by atoms with Crippen LogP contribution >= 0.6 is 0 Å². The number of nitrogens with one attached hydrogen (secondary N) is 4. The molecule has 2 atom stereocenters. The van der Waals surface area contributed by atoms with Crippen LogP contribution in [0, 0.1) is 24.4 Å². The number of hydrogen-bond donors (Lipinski definition) is 7. The van der Waals surface area contributed by atoms with Crippen LogP contribution in [0.15, 0.2) is 185 Å². The van der Waals surface area contributed by atoms with Crippen molar-refractivity contribution in [1.82, 2.24) is 64.5 Å². The van der Waals surface area contributed by atoms with Gasteiger partial charge in [-0.1, -0.05) is 77.9 Å². The minimum Gasteiger partial charge on any atom is -0.494 e. The van der Waals surface area contributed by atoms with Crippen molar-refractivity contribution in [3.63, 3.8) is 0 Å².